The lowest BCUT2D eigenvalue weighted by Crippen LogP contribution is -2.13. The quantitative estimate of drug-likeness (QED) is 0.510. The molecular formula is C20H15F2N5O. The molecule has 0 radical (unpaired) electrons. The highest BCUT2D eigenvalue weighted by molar-refractivity contribution is 5.92. The minimum atomic E-state index is -2.89. The standard InChI is InChI=1S/C20H15F2N5O/c1-27(13-5-4-6-14(11-13)28-20(21)22)19-15-7-2-3-8-16(15)25-18(26-19)17-12-23-9-10-24-17/h2-12,20H,1H3. The maximum Gasteiger partial charge on any atom is 0.387 e. The molecule has 2 aromatic carbocycles. The van der Waals surface area contributed by atoms with Crippen LogP contribution in [-0.4, -0.2) is 33.6 Å². The summed E-state index contributed by atoms with van der Waals surface area (Å²) in [5.74, 6) is 1.11. The van der Waals surface area contributed by atoms with Crippen LogP contribution in [0.5, 0.6) is 5.75 Å². The number of halogens is 2. The molecule has 0 fully saturated rings. The van der Waals surface area contributed by atoms with Crippen LogP contribution in [0.3, 0.4) is 0 Å². The van der Waals surface area contributed by atoms with Gasteiger partial charge in [-0.15, -0.1) is 0 Å². The van der Waals surface area contributed by atoms with Gasteiger partial charge in [-0.25, -0.2) is 15.0 Å². The average molecular weight is 379 g/mol. The molecule has 6 nitrogen and oxygen atoms in total. The molecule has 0 aliphatic rings. The highest BCUT2D eigenvalue weighted by Crippen LogP contribution is 2.32. The fourth-order valence-electron chi connectivity index (χ4n) is 2.84. The van der Waals surface area contributed by atoms with E-state index in [4.69, 9.17) is 0 Å². The molecule has 4 aromatic rings. The molecule has 140 valence electrons. The Bertz CT molecular complexity index is 1110. The Morgan fingerprint density at radius 2 is 1.86 bits per heavy atom. The fraction of sp³-hybridized carbons (Fsp3) is 0.100. The summed E-state index contributed by atoms with van der Waals surface area (Å²) in [6.07, 6.45) is 4.74. The first-order valence-electron chi connectivity index (χ1n) is 8.43. The Hall–Kier alpha value is -3.68. The summed E-state index contributed by atoms with van der Waals surface area (Å²) >= 11 is 0. The van der Waals surface area contributed by atoms with Crippen LogP contribution in [-0.2, 0) is 0 Å². The summed E-state index contributed by atoms with van der Waals surface area (Å²) in [6.45, 7) is -2.89. The fourth-order valence-corrected chi connectivity index (χ4v) is 2.84. The number of hydrogen-bond acceptors (Lipinski definition) is 6. The molecule has 0 atom stereocenters. The lowest BCUT2D eigenvalue weighted by Gasteiger charge is -2.21. The van der Waals surface area contributed by atoms with Crippen molar-refractivity contribution < 1.29 is 13.5 Å². The third-order valence-corrected chi connectivity index (χ3v) is 4.12. The Kier molecular flexibility index (Phi) is 4.76. The molecule has 0 unspecified atom stereocenters. The van der Waals surface area contributed by atoms with Gasteiger partial charge in [-0.1, -0.05) is 18.2 Å². The summed E-state index contributed by atoms with van der Waals surface area (Å²) in [5, 5.41) is 0.817. The van der Waals surface area contributed by atoms with Crippen molar-refractivity contribution >= 4 is 22.4 Å². The molecule has 0 saturated carbocycles. The SMILES string of the molecule is CN(c1cccc(OC(F)F)c1)c1nc(-c2cnccn2)nc2ccccc12. The molecule has 2 heterocycles. The number of hydrogen-bond donors (Lipinski definition) is 0. The number of rotatable bonds is 5. The number of benzene rings is 2. The van der Waals surface area contributed by atoms with Crippen molar-refractivity contribution in [1.29, 1.82) is 0 Å². The Balaban J connectivity index is 1.83. The number of para-hydroxylation sites is 1. The molecule has 2 aromatic heterocycles. The van der Waals surface area contributed by atoms with E-state index in [1.54, 1.807) is 42.7 Å². The second kappa shape index (κ2) is 7.51. The van der Waals surface area contributed by atoms with Gasteiger partial charge in [-0.2, -0.15) is 8.78 Å². The van der Waals surface area contributed by atoms with Crippen molar-refractivity contribution in [2.45, 2.75) is 6.61 Å². The Morgan fingerprint density at radius 3 is 2.64 bits per heavy atom. The molecule has 0 saturated heterocycles. The minimum Gasteiger partial charge on any atom is -0.435 e. The first-order valence-corrected chi connectivity index (χ1v) is 8.43. The number of fused-ring (bicyclic) bond motifs is 1. The molecule has 4 rings (SSSR count). The first kappa shape index (κ1) is 17.7. The molecule has 0 bridgehead atoms. The molecular weight excluding hydrogens is 364 g/mol. The molecule has 0 spiro atoms. The summed E-state index contributed by atoms with van der Waals surface area (Å²) < 4.78 is 29.6. The predicted octanol–water partition coefficient (Wildman–Crippen LogP) is 4.46. The summed E-state index contributed by atoms with van der Waals surface area (Å²) in [4.78, 5) is 19.4. The molecule has 8 heteroatoms. The van der Waals surface area contributed by atoms with E-state index in [0.717, 1.165) is 10.9 Å². The molecule has 0 aliphatic carbocycles. The summed E-state index contributed by atoms with van der Waals surface area (Å²) in [5.41, 5.74) is 1.92. The van der Waals surface area contributed by atoms with Gasteiger partial charge in [0.05, 0.1) is 11.7 Å². The second-order valence-electron chi connectivity index (χ2n) is 5.91. The maximum absolute atomic E-state index is 12.6. The van der Waals surface area contributed by atoms with Crippen molar-refractivity contribution in [3.8, 4) is 17.3 Å². The van der Waals surface area contributed by atoms with Gasteiger partial charge in [0.1, 0.15) is 17.3 Å². The summed E-state index contributed by atoms with van der Waals surface area (Å²) in [6, 6.07) is 14.0. The molecule has 0 aliphatic heterocycles. The third kappa shape index (κ3) is 3.57. The first-order chi connectivity index (χ1) is 13.6. The highest BCUT2D eigenvalue weighted by Gasteiger charge is 2.15. The summed E-state index contributed by atoms with van der Waals surface area (Å²) in [7, 11) is 1.80. The van der Waals surface area contributed by atoms with Gasteiger partial charge in [-0.05, 0) is 24.3 Å². The minimum absolute atomic E-state index is 0.0758. The lowest BCUT2D eigenvalue weighted by molar-refractivity contribution is -0.0498. The van der Waals surface area contributed by atoms with E-state index in [2.05, 4.69) is 24.7 Å². The number of anilines is 2. The van der Waals surface area contributed by atoms with Gasteiger partial charge < -0.3 is 9.64 Å². The van der Waals surface area contributed by atoms with E-state index in [9.17, 15) is 8.78 Å². The van der Waals surface area contributed by atoms with Crippen LogP contribution < -0.4 is 9.64 Å². The van der Waals surface area contributed by atoms with Gasteiger partial charge in [0.25, 0.3) is 0 Å². The number of aromatic nitrogens is 4. The van der Waals surface area contributed by atoms with Crippen LogP contribution in [0.1, 0.15) is 0 Å². The largest absolute Gasteiger partial charge is 0.435 e. The van der Waals surface area contributed by atoms with E-state index in [1.807, 2.05) is 24.3 Å². The van der Waals surface area contributed by atoms with Crippen LogP contribution in [0.25, 0.3) is 22.4 Å². The van der Waals surface area contributed by atoms with Crippen molar-refractivity contribution in [2.24, 2.45) is 0 Å². The van der Waals surface area contributed by atoms with Gasteiger partial charge in [0, 0.05) is 36.6 Å². The van der Waals surface area contributed by atoms with Crippen LogP contribution in [0.15, 0.2) is 67.1 Å². The van der Waals surface area contributed by atoms with Crippen LogP contribution in [0, 0.1) is 0 Å². The van der Waals surface area contributed by atoms with E-state index >= 15 is 0 Å². The third-order valence-electron chi connectivity index (χ3n) is 4.12. The second-order valence-corrected chi connectivity index (χ2v) is 5.91. The van der Waals surface area contributed by atoms with Crippen molar-refractivity contribution in [3.05, 3.63) is 67.1 Å². The maximum atomic E-state index is 12.6. The van der Waals surface area contributed by atoms with E-state index in [0.29, 0.717) is 23.0 Å². The smallest absolute Gasteiger partial charge is 0.387 e. The average Bonchev–Trinajstić information content (AvgIpc) is 2.73. The monoisotopic (exact) mass is 379 g/mol. The Labute approximate surface area is 159 Å². The van der Waals surface area contributed by atoms with Gasteiger partial charge >= 0.3 is 6.61 Å². The molecule has 28 heavy (non-hydrogen) atoms. The highest BCUT2D eigenvalue weighted by atomic mass is 19.3. The zero-order valence-corrected chi connectivity index (χ0v) is 14.8. The van der Waals surface area contributed by atoms with Crippen LogP contribution in [0.4, 0.5) is 20.3 Å². The zero-order chi connectivity index (χ0) is 19.5. The lowest BCUT2D eigenvalue weighted by atomic mass is 10.2. The van der Waals surface area contributed by atoms with Crippen molar-refractivity contribution in [3.63, 3.8) is 0 Å². The van der Waals surface area contributed by atoms with Crippen LogP contribution in [0.2, 0.25) is 0 Å². The van der Waals surface area contributed by atoms with E-state index in [-0.39, 0.29) is 5.75 Å². The van der Waals surface area contributed by atoms with Gasteiger partial charge in [-0.3, -0.25) is 4.98 Å². The molecule has 0 N–H and O–H groups in total. The predicted molar refractivity (Wildman–Crippen MR) is 102 cm³/mol. The van der Waals surface area contributed by atoms with Gasteiger partial charge in [0.2, 0.25) is 0 Å². The number of alkyl halides is 2. The van der Waals surface area contributed by atoms with E-state index in [1.165, 1.54) is 12.1 Å². The zero-order valence-electron chi connectivity index (χ0n) is 14.8. The topological polar surface area (TPSA) is 64.0 Å². The Morgan fingerprint density at radius 1 is 1.00 bits per heavy atom. The molecule has 0 amide bonds. The normalized spacial score (nSPS) is 11.0. The van der Waals surface area contributed by atoms with Crippen molar-refractivity contribution in [1.82, 2.24) is 19.9 Å². The van der Waals surface area contributed by atoms with Crippen LogP contribution >= 0.6 is 0 Å². The number of nitrogens with zero attached hydrogens (tertiary/aromatic N) is 5. The van der Waals surface area contributed by atoms with Crippen molar-refractivity contribution in [2.75, 3.05) is 11.9 Å². The van der Waals surface area contributed by atoms with Gasteiger partial charge in [0.15, 0.2) is 5.82 Å². The number of ether oxygens (including phenoxy) is 1. The van der Waals surface area contributed by atoms with E-state index < -0.39 is 6.61 Å².